The Labute approximate surface area is 214 Å². The maximum Gasteiger partial charge on any atom is 0.229 e. The summed E-state index contributed by atoms with van der Waals surface area (Å²) >= 11 is 1.53. The molecule has 2 aliphatic heterocycles. The SMILES string of the molecule is CCN1CCN(Cc2cnc(Nc3ncc(F)c(-c4cc(F)c5c(c4)N(C(C)C)C(C)N5)n3)s2)CC1. The first-order chi connectivity index (χ1) is 17.3. The lowest BCUT2D eigenvalue weighted by Gasteiger charge is -2.33. The third-order valence-electron chi connectivity index (χ3n) is 6.76. The number of hydrogen-bond acceptors (Lipinski definition) is 9. The van der Waals surface area contributed by atoms with Crippen molar-refractivity contribution in [3.8, 4) is 11.3 Å². The van der Waals surface area contributed by atoms with E-state index in [0.717, 1.165) is 50.3 Å². The van der Waals surface area contributed by atoms with Crippen LogP contribution in [-0.2, 0) is 6.54 Å². The van der Waals surface area contributed by atoms with E-state index in [2.05, 4.69) is 47.2 Å². The summed E-state index contributed by atoms with van der Waals surface area (Å²) in [5.74, 6) is -0.826. The third-order valence-corrected chi connectivity index (χ3v) is 7.65. The molecule has 3 aromatic rings. The number of anilines is 4. The molecule has 36 heavy (non-hydrogen) atoms. The minimum Gasteiger partial charge on any atom is -0.361 e. The van der Waals surface area contributed by atoms with Crippen molar-refractivity contribution >= 4 is 33.8 Å². The first kappa shape index (κ1) is 24.8. The number of nitrogens with zero attached hydrogens (tertiary/aromatic N) is 6. The van der Waals surface area contributed by atoms with Crippen LogP contribution in [0.3, 0.4) is 0 Å². The smallest absolute Gasteiger partial charge is 0.229 e. The molecule has 1 fully saturated rings. The van der Waals surface area contributed by atoms with Crippen LogP contribution in [0.4, 0.5) is 31.2 Å². The van der Waals surface area contributed by atoms with E-state index in [1.165, 1.54) is 17.4 Å². The second-order valence-electron chi connectivity index (χ2n) is 9.53. The molecule has 2 N–H and O–H groups in total. The van der Waals surface area contributed by atoms with Gasteiger partial charge in [-0.25, -0.2) is 23.7 Å². The summed E-state index contributed by atoms with van der Waals surface area (Å²) in [6, 6.07) is 3.24. The molecule has 0 aliphatic carbocycles. The van der Waals surface area contributed by atoms with Crippen LogP contribution in [0, 0.1) is 11.6 Å². The van der Waals surface area contributed by atoms with Gasteiger partial charge in [0, 0.05) is 55.4 Å². The number of fused-ring (bicyclic) bond motifs is 1. The van der Waals surface area contributed by atoms with E-state index in [-0.39, 0.29) is 23.8 Å². The molecule has 0 amide bonds. The van der Waals surface area contributed by atoms with E-state index in [9.17, 15) is 8.78 Å². The zero-order valence-corrected chi connectivity index (χ0v) is 21.9. The van der Waals surface area contributed by atoms with Gasteiger partial charge in [0.05, 0.1) is 23.7 Å². The first-order valence-electron chi connectivity index (χ1n) is 12.4. The predicted octanol–water partition coefficient (Wildman–Crippen LogP) is 4.75. The standard InChI is InChI=1S/C25H32F2N8S/c1-5-33-6-8-34(9-7-33)14-18-12-29-25(36-18)32-24-28-13-20(27)22(31-24)17-10-19(26)23-21(11-17)35(15(2)3)16(4)30-23/h10-13,15-16,30H,5-9,14H2,1-4H3,(H,28,29,31,32). The van der Waals surface area contributed by atoms with Crippen LogP contribution < -0.4 is 15.5 Å². The predicted molar refractivity (Wildman–Crippen MR) is 141 cm³/mol. The van der Waals surface area contributed by atoms with E-state index in [1.54, 1.807) is 6.07 Å². The second kappa shape index (κ2) is 10.2. The van der Waals surface area contributed by atoms with Gasteiger partial charge in [0.15, 0.2) is 10.9 Å². The molecule has 192 valence electrons. The Bertz CT molecular complexity index is 1220. The topological polar surface area (TPSA) is 72.5 Å². The fraction of sp³-hybridized carbons (Fsp3) is 0.480. The zero-order chi connectivity index (χ0) is 25.4. The number of nitrogens with one attached hydrogen (secondary N) is 2. The summed E-state index contributed by atoms with van der Waals surface area (Å²) in [4.78, 5) is 21.0. The van der Waals surface area contributed by atoms with Gasteiger partial charge < -0.3 is 20.4 Å². The highest BCUT2D eigenvalue weighted by atomic mass is 32.1. The zero-order valence-electron chi connectivity index (χ0n) is 21.1. The van der Waals surface area contributed by atoms with E-state index in [4.69, 9.17) is 0 Å². The van der Waals surface area contributed by atoms with Gasteiger partial charge in [-0.05, 0) is 39.4 Å². The molecule has 4 heterocycles. The van der Waals surface area contributed by atoms with Crippen LogP contribution in [0.2, 0.25) is 0 Å². The maximum atomic E-state index is 15.0. The van der Waals surface area contributed by atoms with Gasteiger partial charge in [0.25, 0.3) is 0 Å². The summed E-state index contributed by atoms with van der Waals surface area (Å²) in [5, 5.41) is 6.90. The Balaban J connectivity index is 1.33. The van der Waals surface area contributed by atoms with Gasteiger partial charge in [0.1, 0.15) is 11.5 Å². The maximum absolute atomic E-state index is 15.0. The number of benzene rings is 1. The number of thiazole rings is 1. The quantitative estimate of drug-likeness (QED) is 0.468. The molecule has 5 rings (SSSR count). The van der Waals surface area contributed by atoms with Crippen molar-refractivity contribution in [3.05, 3.63) is 41.0 Å². The van der Waals surface area contributed by atoms with Gasteiger partial charge >= 0.3 is 0 Å². The number of hydrogen-bond donors (Lipinski definition) is 2. The van der Waals surface area contributed by atoms with Crippen molar-refractivity contribution in [1.82, 2.24) is 24.8 Å². The Morgan fingerprint density at radius 2 is 1.83 bits per heavy atom. The molecule has 2 aliphatic rings. The number of piperazine rings is 1. The van der Waals surface area contributed by atoms with Gasteiger partial charge in [-0.2, -0.15) is 0 Å². The van der Waals surface area contributed by atoms with Crippen molar-refractivity contribution in [3.63, 3.8) is 0 Å². The van der Waals surface area contributed by atoms with Gasteiger partial charge in [-0.15, -0.1) is 11.3 Å². The molecule has 1 unspecified atom stereocenters. The highest BCUT2D eigenvalue weighted by Gasteiger charge is 2.31. The van der Waals surface area contributed by atoms with Gasteiger partial charge in [-0.3, -0.25) is 4.90 Å². The highest BCUT2D eigenvalue weighted by Crippen LogP contribution is 2.41. The summed E-state index contributed by atoms with van der Waals surface area (Å²) in [6.07, 6.45) is 2.90. The third kappa shape index (κ3) is 5.00. The van der Waals surface area contributed by atoms with Crippen molar-refractivity contribution in [1.29, 1.82) is 0 Å². The monoisotopic (exact) mass is 514 g/mol. The van der Waals surface area contributed by atoms with Crippen molar-refractivity contribution < 1.29 is 8.78 Å². The van der Waals surface area contributed by atoms with Crippen LogP contribution in [0.25, 0.3) is 11.3 Å². The molecule has 8 nitrogen and oxygen atoms in total. The van der Waals surface area contributed by atoms with Crippen LogP contribution >= 0.6 is 11.3 Å². The largest absolute Gasteiger partial charge is 0.361 e. The second-order valence-corrected chi connectivity index (χ2v) is 10.6. The van der Waals surface area contributed by atoms with E-state index < -0.39 is 11.6 Å². The molecular formula is C25H32F2N8S. The Morgan fingerprint density at radius 3 is 2.56 bits per heavy atom. The molecule has 1 aromatic carbocycles. The fourth-order valence-corrected chi connectivity index (χ4v) is 5.78. The Kier molecular flexibility index (Phi) is 7.05. The Hall–Kier alpha value is -2.89. The molecule has 0 spiro atoms. The van der Waals surface area contributed by atoms with Crippen LogP contribution in [0.15, 0.2) is 24.5 Å². The van der Waals surface area contributed by atoms with Crippen LogP contribution in [0.5, 0.6) is 0 Å². The molecule has 1 saturated heterocycles. The molecule has 1 atom stereocenters. The lowest BCUT2D eigenvalue weighted by atomic mass is 10.1. The highest BCUT2D eigenvalue weighted by molar-refractivity contribution is 7.15. The minimum atomic E-state index is -0.610. The fourth-order valence-electron chi connectivity index (χ4n) is 4.94. The molecular weight excluding hydrogens is 482 g/mol. The lowest BCUT2D eigenvalue weighted by Crippen LogP contribution is -2.45. The molecule has 0 saturated carbocycles. The number of halogens is 2. The lowest BCUT2D eigenvalue weighted by molar-refractivity contribution is 0.133. The summed E-state index contributed by atoms with van der Waals surface area (Å²) < 4.78 is 29.8. The van der Waals surface area contributed by atoms with E-state index in [1.807, 2.05) is 27.0 Å². The minimum absolute atomic E-state index is 0.0445. The first-order valence-corrected chi connectivity index (χ1v) is 13.2. The normalized spacial score (nSPS) is 18.5. The van der Waals surface area contributed by atoms with Crippen molar-refractivity contribution in [2.24, 2.45) is 0 Å². The van der Waals surface area contributed by atoms with E-state index in [0.29, 0.717) is 22.1 Å². The molecule has 11 heteroatoms. The number of rotatable bonds is 7. The average molecular weight is 515 g/mol. The van der Waals surface area contributed by atoms with Crippen molar-refractivity contribution in [2.45, 2.75) is 46.4 Å². The van der Waals surface area contributed by atoms with E-state index >= 15 is 0 Å². The summed E-state index contributed by atoms with van der Waals surface area (Å²) in [6.45, 7) is 14.4. The number of aromatic nitrogens is 3. The molecule has 0 radical (unpaired) electrons. The van der Waals surface area contributed by atoms with Crippen LogP contribution in [0.1, 0.15) is 32.6 Å². The Morgan fingerprint density at radius 1 is 1.08 bits per heavy atom. The van der Waals surface area contributed by atoms with Gasteiger partial charge in [-0.1, -0.05) is 6.92 Å². The number of likely N-dealkylation sites (N-methyl/N-ethyl adjacent to an activating group) is 1. The molecule has 0 bridgehead atoms. The summed E-state index contributed by atoms with van der Waals surface area (Å²) in [5.41, 5.74) is 1.54. The average Bonchev–Trinajstić information content (AvgIpc) is 3.44. The van der Waals surface area contributed by atoms with Crippen LogP contribution in [-0.4, -0.2) is 69.7 Å². The summed E-state index contributed by atoms with van der Waals surface area (Å²) in [7, 11) is 0. The van der Waals surface area contributed by atoms with Crippen molar-refractivity contribution in [2.75, 3.05) is 48.3 Å². The van der Waals surface area contributed by atoms with Gasteiger partial charge in [0.2, 0.25) is 5.95 Å². The molecule has 2 aromatic heterocycles.